The number of thiophene rings is 1. The lowest BCUT2D eigenvalue weighted by molar-refractivity contribution is 0.745. The smallest absolute Gasteiger partial charge is 0.106 e. The van der Waals surface area contributed by atoms with E-state index in [4.69, 9.17) is 5.26 Å². The standard InChI is InChI=1S/C24H26N2S2/c1-4-12-26(13-5-2)21-9-8-18-14-20(7-6-19(18)15-21)24-11-10-22(28-24)16-23(17-25)27-3/h6-11,14-16H,4-5,12-13H2,1-3H3/b23-16+. The lowest BCUT2D eigenvalue weighted by Crippen LogP contribution is -2.24. The van der Waals surface area contributed by atoms with Crippen molar-refractivity contribution in [2.75, 3.05) is 24.2 Å². The molecule has 144 valence electrons. The van der Waals surface area contributed by atoms with E-state index in [1.165, 1.54) is 38.7 Å². The summed E-state index contributed by atoms with van der Waals surface area (Å²) >= 11 is 3.21. The predicted octanol–water partition coefficient (Wildman–Crippen LogP) is 7.42. The van der Waals surface area contributed by atoms with Crippen molar-refractivity contribution < 1.29 is 0 Å². The van der Waals surface area contributed by atoms with Gasteiger partial charge < -0.3 is 4.90 Å². The van der Waals surface area contributed by atoms with Crippen LogP contribution in [0, 0.1) is 11.3 Å². The van der Waals surface area contributed by atoms with Crippen LogP contribution in [0.2, 0.25) is 0 Å². The molecular weight excluding hydrogens is 380 g/mol. The van der Waals surface area contributed by atoms with Gasteiger partial charge in [-0.25, -0.2) is 0 Å². The highest BCUT2D eigenvalue weighted by atomic mass is 32.2. The van der Waals surface area contributed by atoms with Gasteiger partial charge in [0.2, 0.25) is 0 Å². The molecule has 28 heavy (non-hydrogen) atoms. The van der Waals surface area contributed by atoms with E-state index in [2.05, 4.69) is 73.3 Å². The predicted molar refractivity (Wildman–Crippen MR) is 127 cm³/mol. The Morgan fingerprint density at radius 3 is 2.43 bits per heavy atom. The number of rotatable bonds is 8. The van der Waals surface area contributed by atoms with Gasteiger partial charge in [-0.1, -0.05) is 32.0 Å². The number of hydrogen-bond acceptors (Lipinski definition) is 4. The summed E-state index contributed by atoms with van der Waals surface area (Å²) in [7, 11) is 0. The zero-order valence-corrected chi connectivity index (χ0v) is 18.4. The molecule has 1 heterocycles. The molecule has 0 N–H and O–H groups in total. The van der Waals surface area contributed by atoms with Crippen molar-refractivity contribution >= 4 is 45.6 Å². The normalized spacial score (nSPS) is 11.6. The molecule has 1 aromatic heterocycles. The summed E-state index contributed by atoms with van der Waals surface area (Å²) in [5.41, 5.74) is 2.54. The summed E-state index contributed by atoms with van der Waals surface area (Å²) in [5.74, 6) is 0. The van der Waals surface area contributed by atoms with E-state index in [1.807, 2.05) is 12.3 Å². The Hall–Kier alpha value is -2.22. The molecule has 0 saturated carbocycles. The van der Waals surface area contributed by atoms with Crippen LogP contribution in [0.5, 0.6) is 0 Å². The average molecular weight is 407 g/mol. The Balaban J connectivity index is 1.89. The van der Waals surface area contributed by atoms with Crippen molar-refractivity contribution in [3.05, 3.63) is 58.3 Å². The van der Waals surface area contributed by atoms with E-state index in [0.717, 1.165) is 35.7 Å². The van der Waals surface area contributed by atoms with Gasteiger partial charge in [0.15, 0.2) is 0 Å². The SMILES string of the molecule is CCCN(CCC)c1ccc2cc(-c3ccc(/C=C(\C#N)SC)s3)ccc2c1. The van der Waals surface area contributed by atoms with E-state index in [-0.39, 0.29) is 0 Å². The Morgan fingerprint density at radius 1 is 1.04 bits per heavy atom. The first kappa shape index (κ1) is 20.5. The van der Waals surface area contributed by atoms with Gasteiger partial charge in [0, 0.05) is 28.5 Å². The number of hydrogen-bond donors (Lipinski definition) is 0. The summed E-state index contributed by atoms with van der Waals surface area (Å²) in [5, 5.41) is 11.7. The summed E-state index contributed by atoms with van der Waals surface area (Å²) in [6, 6.07) is 20.0. The fourth-order valence-corrected chi connectivity index (χ4v) is 4.70. The second-order valence-electron chi connectivity index (χ2n) is 6.76. The summed E-state index contributed by atoms with van der Waals surface area (Å²) < 4.78 is 0. The minimum absolute atomic E-state index is 0.739. The molecule has 3 aromatic rings. The van der Waals surface area contributed by atoms with Gasteiger partial charge in [0.05, 0.1) is 4.91 Å². The number of nitriles is 1. The summed E-state index contributed by atoms with van der Waals surface area (Å²) in [4.78, 5) is 5.56. The first-order valence-corrected chi connectivity index (χ1v) is 11.8. The fraction of sp³-hybridized carbons (Fsp3) is 0.292. The third kappa shape index (κ3) is 4.79. The zero-order chi connectivity index (χ0) is 19.9. The first-order chi connectivity index (χ1) is 13.7. The van der Waals surface area contributed by atoms with Crippen LogP contribution in [0.15, 0.2) is 53.4 Å². The molecular formula is C24H26N2S2. The third-order valence-corrected chi connectivity index (χ3v) is 6.42. The van der Waals surface area contributed by atoms with Gasteiger partial charge in [0.1, 0.15) is 6.07 Å². The molecule has 0 bridgehead atoms. The van der Waals surface area contributed by atoms with Gasteiger partial charge in [-0.3, -0.25) is 0 Å². The van der Waals surface area contributed by atoms with E-state index in [1.54, 1.807) is 11.3 Å². The first-order valence-electron chi connectivity index (χ1n) is 9.73. The highest BCUT2D eigenvalue weighted by Crippen LogP contribution is 2.33. The molecule has 3 rings (SSSR count). The van der Waals surface area contributed by atoms with Crippen LogP contribution in [-0.2, 0) is 0 Å². The minimum atomic E-state index is 0.739. The highest BCUT2D eigenvalue weighted by molar-refractivity contribution is 8.02. The van der Waals surface area contributed by atoms with Gasteiger partial charge in [-0.15, -0.1) is 23.1 Å². The van der Waals surface area contributed by atoms with Crippen LogP contribution < -0.4 is 4.90 Å². The molecule has 0 unspecified atom stereocenters. The Kier molecular flexibility index (Phi) is 7.19. The van der Waals surface area contributed by atoms with Crippen molar-refractivity contribution in [3.63, 3.8) is 0 Å². The Morgan fingerprint density at radius 2 is 1.75 bits per heavy atom. The monoisotopic (exact) mass is 406 g/mol. The molecule has 0 aliphatic rings. The van der Waals surface area contributed by atoms with E-state index in [9.17, 15) is 0 Å². The van der Waals surface area contributed by atoms with E-state index < -0.39 is 0 Å². The lowest BCUT2D eigenvalue weighted by Gasteiger charge is -2.24. The second-order valence-corrected chi connectivity index (χ2v) is 8.72. The molecule has 0 saturated heterocycles. The van der Waals surface area contributed by atoms with Crippen LogP contribution >= 0.6 is 23.1 Å². The Bertz CT molecular complexity index is 1000. The molecule has 0 fully saturated rings. The van der Waals surface area contributed by atoms with Crippen LogP contribution in [0.4, 0.5) is 5.69 Å². The number of allylic oxidation sites excluding steroid dienone is 1. The van der Waals surface area contributed by atoms with Gasteiger partial charge in [-0.05, 0) is 71.8 Å². The van der Waals surface area contributed by atoms with Crippen LogP contribution in [-0.4, -0.2) is 19.3 Å². The minimum Gasteiger partial charge on any atom is -0.372 e. The topological polar surface area (TPSA) is 27.0 Å². The van der Waals surface area contributed by atoms with Crippen LogP contribution in [0.3, 0.4) is 0 Å². The van der Waals surface area contributed by atoms with Crippen molar-refractivity contribution in [2.24, 2.45) is 0 Å². The largest absolute Gasteiger partial charge is 0.372 e. The van der Waals surface area contributed by atoms with E-state index in [0.29, 0.717) is 0 Å². The quantitative estimate of drug-likeness (QED) is 0.364. The summed E-state index contributed by atoms with van der Waals surface area (Å²) in [6.45, 7) is 6.67. The fourth-order valence-electron chi connectivity index (χ4n) is 3.34. The maximum atomic E-state index is 9.12. The number of benzene rings is 2. The molecule has 0 spiro atoms. The third-order valence-electron chi connectivity index (χ3n) is 4.69. The molecule has 0 aliphatic heterocycles. The highest BCUT2D eigenvalue weighted by Gasteiger charge is 2.08. The number of thioether (sulfide) groups is 1. The average Bonchev–Trinajstić information content (AvgIpc) is 3.19. The van der Waals surface area contributed by atoms with Crippen molar-refractivity contribution in [2.45, 2.75) is 26.7 Å². The second kappa shape index (κ2) is 9.82. The van der Waals surface area contributed by atoms with Crippen molar-refractivity contribution in [1.82, 2.24) is 0 Å². The molecule has 0 radical (unpaired) electrons. The molecule has 2 nitrogen and oxygen atoms in total. The number of fused-ring (bicyclic) bond motifs is 1. The van der Waals surface area contributed by atoms with Crippen molar-refractivity contribution in [1.29, 1.82) is 5.26 Å². The molecule has 0 atom stereocenters. The maximum absolute atomic E-state index is 9.12. The maximum Gasteiger partial charge on any atom is 0.106 e. The van der Waals surface area contributed by atoms with Gasteiger partial charge in [-0.2, -0.15) is 5.26 Å². The number of nitrogens with zero attached hydrogens (tertiary/aromatic N) is 2. The van der Waals surface area contributed by atoms with Gasteiger partial charge >= 0.3 is 0 Å². The molecule has 2 aromatic carbocycles. The molecule has 0 aliphatic carbocycles. The van der Waals surface area contributed by atoms with Crippen molar-refractivity contribution in [3.8, 4) is 16.5 Å². The number of anilines is 1. The summed E-state index contributed by atoms with van der Waals surface area (Å²) in [6.07, 6.45) is 6.22. The molecule has 4 heteroatoms. The van der Waals surface area contributed by atoms with Crippen LogP contribution in [0.25, 0.3) is 27.3 Å². The Labute approximate surface area is 176 Å². The molecule has 0 amide bonds. The zero-order valence-electron chi connectivity index (χ0n) is 16.7. The van der Waals surface area contributed by atoms with E-state index >= 15 is 0 Å². The lowest BCUT2D eigenvalue weighted by atomic mass is 10.0. The van der Waals surface area contributed by atoms with Crippen LogP contribution in [0.1, 0.15) is 31.6 Å². The van der Waals surface area contributed by atoms with Gasteiger partial charge in [0.25, 0.3) is 0 Å².